The quantitative estimate of drug-likeness (QED) is 0.236. The van der Waals surface area contributed by atoms with Gasteiger partial charge in [-0.2, -0.15) is 0 Å². The average Bonchev–Trinajstić information content (AvgIpc) is 3.57. The number of methoxy groups -OCH3 is 1. The molecule has 1 unspecified atom stereocenters. The molecule has 0 saturated carbocycles. The zero-order chi connectivity index (χ0) is 26.3. The van der Waals surface area contributed by atoms with Crippen LogP contribution in [0.25, 0.3) is 0 Å². The summed E-state index contributed by atoms with van der Waals surface area (Å²) in [6, 6.07) is 0. The fourth-order valence-electron chi connectivity index (χ4n) is 4.07. The monoisotopic (exact) mass is 508 g/mol. The second-order valence-electron chi connectivity index (χ2n) is 9.72. The first kappa shape index (κ1) is 30.3. The zero-order valence-corrected chi connectivity index (χ0v) is 23.4. The van der Waals surface area contributed by atoms with E-state index >= 15 is 0 Å². The highest BCUT2D eigenvalue weighted by Gasteiger charge is 2.32. The molecule has 2 rings (SSSR count). The summed E-state index contributed by atoms with van der Waals surface area (Å²) in [6.45, 7) is 16.7. The summed E-state index contributed by atoms with van der Waals surface area (Å²) < 4.78 is 27.8. The Kier molecular flexibility index (Phi) is 13.5. The van der Waals surface area contributed by atoms with Crippen molar-refractivity contribution < 1.29 is 18.9 Å². The summed E-state index contributed by atoms with van der Waals surface area (Å²) in [6.07, 6.45) is 8.36. The fourth-order valence-corrected chi connectivity index (χ4v) is 4.07. The van der Waals surface area contributed by atoms with Crippen LogP contribution in [-0.2, 0) is 44.9 Å². The van der Waals surface area contributed by atoms with Crippen LogP contribution in [0.15, 0.2) is 12.4 Å². The Bertz CT molecular complexity index is 838. The molecule has 0 amide bonds. The smallest absolute Gasteiger partial charge is 0.0850 e. The molecule has 2 aromatic heterocycles. The Morgan fingerprint density at radius 3 is 1.50 bits per heavy atom. The van der Waals surface area contributed by atoms with Crippen molar-refractivity contribution in [2.75, 3.05) is 53.4 Å². The summed E-state index contributed by atoms with van der Waals surface area (Å²) >= 11 is 0. The maximum absolute atomic E-state index is 6.36. The van der Waals surface area contributed by atoms with Crippen molar-refractivity contribution in [3.05, 3.63) is 23.8 Å². The highest BCUT2D eigenvalue weighted by molar-refractivity contribution is 4.93. The Morgan fingerprint density at radius 2 is 1.08 bits per heavy atom. The van der Waals surface area contributed by atoms with Crippen molar-refractivity contribution in [3.63, 3.8) is 0 Å². The van der Waals surface area contributed by atoms with E-state index in [0.29, 0.717) is 46.2 Å². The van der Waals surface area contributed by atoms with Crippen molar-refractivity contribution in [1.29, 1.82) is 0 Å². The van der Waals surface area contributed by atoms with Gasteiger partial charge >= 0.3 is 0 Å². The normalized spacial score (nSPS) is 13.8. The molecule has 0 aliphatic rings. The van der Waals surface area contributed by atoms with E-state index in [2.05, 4.69) is 48.3 Å². The van der Waals surface area contributed by atoms with Crippen LogP contribution >= 0.6 is 0 Å². The molecule has 2 heterocycles. The molecule has 0 aliphatic heterocycles. The lowest BCUT2D eigenvalue weighted by molar-refractivity contribution is -0.0905. The zero-order valence-electron chi connectivity index (χ0n) is 23.4. The van der Waals surface area contributed by atoms with E-state index in [1.807, 2.05) is 28.7 Å². The van der Waals surface area contributed by atoms with Gasteiger partial charge in [-0.25, -0.2) is 0 Å². The molecule has 0 bridgehead atoms. The van der Waals surface area contributed by atoms with Gasteiger partial charge in [0.25, 0.3) is 0 Å². The van der Waals surface area contributed by atoms with E-state index in [9.17, 15) is 0 Å². The highest BCUT2D eigenvalue weighted by atomic mass is 16.5. The van der Waals surface area contributed by atoms with E-state index in [1.54, 1.807) is 7.11 Å². The number of rotatable bonds is 21. The molecule has 10 heteroatoms. The topological polar surface area (TPSA) is 98.3 Å². The summed E-state index contributed by atoms with van der Waals surface area (Å²) in [5.41, 5.74) is 1.72. The molecule has 0 fully saturated rings. The number of hydrogen-bond donors (Lipinski definition) is 0. The third-order valence-corrected chi connectivity index (χ3v) is 7.16. The van der Waals surface area contributed by atoms with Gasteiger partial charge in [-0.15, -0.1) is 10.2 Å². The molecule has 10 nitrogen and oxygen atoms in total. The van der Waals surface area contributed by atoms with Gasteiger partial charge in [-0.3, -0.25) is 9.36 Å². The van der Waals surface area contributed by atoms with E-state index in [1.165, 1.54) is 0 Å². The third kappa shape index (κ3) is 9.53. The largest absolute Gasteiger partial charge is 0.384 e. The maximum atomic E-state index is 6.36. The molecule has 206 valence electrons. The Labute approximate surface area is 217 Å². The predicted molar refractivity (Wildman–Crippen MR) is 139 cm³/mol. The van der Waals surface area contributed by atoms with Gasteiger partial charge in [0.2, 0.25) is 0 Å². The van der Waals surface area contributed by atoms with Crippen molar-refractivity contribution in [2.24, 2.45) is 10.8 Å². The van der Waals surface area contributed by atoms with Crippen LogP contribution in [0.4, 0.5) is 0 Å². The first-order chi connectivity index (χ1) is 17.5. The predicted octanol–water partition coefficient (Wildman–Crippen LogP) is 3.59. The summed E-state index contributed by atoms with van der Waals surface area (Å²) in [5.74, 6) is 0. The number of hydrogen-bond acceptors (Lipinski definition) is 8. The van der Waals surface area contributed by atoms with Crippen LogP contribution in [-0.4, -0.2) is 83.3 Å². The van der Waals surface area contributed by atoms with E-state index in [0.717, 1.165) is 56.6 Å². The van der Waals surface area contributed by atoms with Gasteiger partial charge in [0.05, 0.1) is 57.6 Å². The van der Waals surface area contributed by atoms with E-state index < -0.39 is 0 Å². The van der Waals surface area contributed by atoms with Crippen LogP contribution in [0.2, 0.25) is 0 Å². The highest BCUT2D eigenvalue weighted by Crippen LogP contribution is 2.30. The van der Waals surface area contributed by atoms with Crippen molar-refractivity contribution in [1.82, 2.24) is 30.0 Å². The van der Waals surface area contributed by atoms with Gasteiger partial charge in [-0.05, 0) is 33.1 Å². The van der Waals surface area contributed by atoms with Gasteiger partial charge in [0.15, 0.2) is 0 Å². The van der Waals surface area contributed by atoms with Gasteiger partial charge in [0, 0.05) is 56.3 Å². The number of aryl methyl sites for hydroxylation is 2. The molecule has 0 spiro atoms. The standard InChI is InChI=1S/C26H48N6O4/c1-7-25(8-2,19-34-14-12-23-16-31(10-4)29-27-23)20-36-22-26(9-3,18-33-6)21-35-15-13-24-17-32(11-5)30-28-24/h16-17H,7-15,18-22H2,1-6H3. The second-order valence-corrected chi connectivity index (χ2v) is 9.72. The van der Waals surface area contributed by atoms with E-state index in [-0.39, 0.29) is 10.8 Å². The molecule has 1 atom stereocenters. The molecule has 0 saturated heterocycles. The Hall–Kier alpha value is -1.88. The van der Waals surface area contributed by atoms with E-state index in [4.69, 9.17) is 18.9 Å². The average molecular weight is 509 g/mol. The number of ether oxygens (including phenoxy) is 4. The minimum atomic E-state index is -0.186. The minimum absolute atomic E-state index is 0.0143. The molecule has 0 radical (unpaired) electrons. The van der Waals surface area contributed by atoms with Crippen LogP contribution < -0.4 is 0 Å². The third-order valence-electron chi connectivity index (χ3n) is 7.16. The maximum Gasteiger partial charge on any atom is 0.0850 e. The lowest BCUT2D eigenvalue weighted by Gasteiger charge is -2.35. The van der Waals surface area contributed by atoms with Crippen LogP contribution in [0.5, 0.6) is 0 Å². The molecular weight excluding hydrogens is 460 g/mol. The van der Waals surface area contributed by atoms with Crippen molar-refractivity contribution in [3.8, 4) is 0 Å². The molecule has 0 aliphatic carbocycles. The summed E-state index contributed by atoms with van der Waals surface area (Å²) in [7, 11) is 1.74. The molecular formula is C26H48N6O4. The first-order valence-corrected chi connectivity index (χ1v) is 13.5. The lowest BCUT2D eigenvalue weighted by Crippen LogP contribution is -2.39. The van der Waals surface area contributed by atoms with Crippen LogP contribution in [0.3, 0.4) is 0 Å². The lowest BCUT2D eigenvalue weighted by atomic mass is 9.83. The number of aromatic nitrogens is 6. The molecule has 0 N–H and O–H groups in total. The summed E-state index contributed by atoms with van der Waals surface area (Å²) in [5, 5.41) is 16.6. The van der Waals surface area contributed by atoms with Gasteiger partial charge in [-0.1, -0.05) is 31.2 Å². The first-order valence-electron chi connectivity index (χ1n) is 13.5. The SMILES string of the molecule is CCn1cc(CCOCC(CC)(CC)COCC(CC)(COC)COCCc2cn(CC)nn2)nn1. The minimum Gasteiger partial charge on any atom is -0.384 e. The fraction of sp³-hybridized carbons (Fsp3) is 0.846. The van der Waals surface area contributed by atoms with Crippen molar-refractivity contribution in [2.45, 2.75) is 79.8 Å². The Morgan fingerprint density at radius 1 is 0.639 bits per heavy atom. The number of nitrogens with zero attached hydrogens (tertiary/aromatic N) is 6. The van der Waals surface area contributed by atoms with Crippen molar-refractivity contribution >= 4 is 0 Å². The Balaban J connectivity index is 1.80. The molecule has 0 aromatic carbocycles. The second kappa shape index (κ2) is 16.1. The van der Waals surface area contributed by atoms with Crippen LogP contribution in [0, 0.1) is 10.8 Å². The van der Waals surface area contributed by atoms with Gasteiger partial charge < -0.3 is 18.9 Å². The molecule has 2 aromatic rings. The molecule has 36 heavy (non-hydrogen) atoms. The summed E-state index contributed by atoms with van der Waals surface area (Å²) in [4.78, 5) is 0. The van der Waals surface area contributed by atoms with Gasteiger partial charge in [0.1, 0.15) is 0 Å². The van der Waals surface area contributed by atoms with Crippen LogP contribution in [0.1, 0.15) is 65.3 Å².